The zero-order valence-electron chi connectivity index (χ0n) is 13.0. The van der Waals surface area contributed by atoms with Crippen molar-refractivity contribution < 1.29 is 9.47 Å². The molecule has 1 aliphatic heterocycles. The molecular formula is C17H26ClNO2. The third kappa shape index (κ3) is 4.68. The van der Waals surface area contributed by atoms with Gasteiger partial charge in [0.2, 0.25) is 0 Å². The van der Waals surface area contributed by atoms with Crippen LogP contribution in [0.3, 0.4) is 0 Å². The van der Waals surface area contributed by atoms with E-state index < -0.39 is 0 Å². The molecule has 0 amide bonds. The zero-order chi connectivity index (χ0) is 15.1. The van der Waals surface area contributed by atoms with E-state index in [1.807, 2.05) is 19.1 Å². The van der Waals surface area contributed by atoms with Crippen LogP contribution in [0.5, 0.6) is 0 Å². The lowest BCUT2D eigenvalue weighted by atomic mass is 9.74. The summed E-state index contributed by atoms with van der Waals surface area (Å²) in [6, 6.07) is 8.61. The molecule has 1 saturated heterocycles. The SMILES string of the molecule is CCOC[C@@H](C)NCC1(c2cccc(Cl)c2)CCOCC1. The van der Waals surface area contributed by atoms with Gasteiger partial charge in [-0.25, -0.2) is 0 Å². The predicted molar refractivity (Wildman–Crippen MR) is 87.1 cm³/mol. The Labute approximate surface area is 133 Å². The summed E-state index contributed by atoms with van der Waals surface area (Å²) in [5.74, 6) is 0. The van der Waals surface area contributed by atoms with Gasteiger partial charge in [-0.1, -0.05) is 23.7 Å². The maximum absolute atomic E-state index is 6.19. The van der Waals surface area contributed by atoms with Crippen molar-refractivity contribution in [1.82, 2.24) is 5.32 Å². The van der Waals surface area contributed by atoms with Gasteiger partial charge in [-0.05, 0) is 44.4 Å². The van der Waals surface area contributed by atoms with Crippen LogP contribution in [0.1, 0.15) is 32.3 Å². The van der Waals surface area contributed by atoms with Crippen LogP contribution < -0.4 is 5.32 Å². The summed E-state index contributed by atoms with van der Waals surface area (Å²) in [5.41, 5.74) is 1.43. The molecule has 0 unspecified atom stereocenters. The number of halogens is 1. The Hall–Kier alpha value is -0.610. The van der Waals surface area contributed by atoms with Gasteiger partial charge in [-0.3, -0.25) is 0 Å². The second-order valence-corrected chi connectivity index (χ2v) is 6.28. The first-order chi connectivity index (χ1) is 10.2. The monoisotopic (exact) mass is 311 g/mol. The molecule has 0 aromatic heterocycles. The Morgan fingerprint density at radius 3 is 2.81 bits per heavy atom. The number of ether oxygens (including phenoxy) is 2. The minimum atomic E-state index is 0.115. The second-order valence-electron chi connectivity index (χ2n) is 5.84. The molecule has 0 aliphatic carbocycles. The molecule has 3 nitrogen and oxygen atoms in total. The average molecular weight is 312 g/mol. The minimum absolute atomic E-state index is 0.115. The fourth-order valence-corrected chi connectivity index (χ4v) is 3.06. The van der Waals surface area contributed by atoms with Crippen molar-refractivity contribution in [1.29, 1.82) is 0 Å². The fraction of sp³-hybridized carbons (Fsp3) is 0.647. The highest BCUT2D eigenvalue weighted by Gasteiger charge is 2.34. The molecule has 1 N–H and O–H groups in total. The highest BCUT2D eigenvalue weighted by Crippen LogP contribution is 2.35. The third-order valence-corrected chi connectivity index (χ3v) is 4.48. The van der Waals surface area contributed by atoms with Gasteiger partial charge < -0.3 is 14.8 Å². The lowest BCUT2D eigenvalue weighted by Gasteiger charge is -2.39. The summed E-state index contributed by atoms with van der Waals surface area (Å²) < 4.78 is 11.0. The van der Waals surface area contributed by atoms with Crippen molar-refractivity contribution in [2.45, 2.75) is 38.1 Å². The quantitative estimate of drug-likeness (QED) is 0.837. The molecule has 1 aromatic carbocycles. The summed E-state index contributed by atoms with van der Waals surface area (Å²) in [4.78, 5) is 0. The van der Waals surface area contributed by atoms with Crippen LogP contribution in [0.25, 0.3) is 0 Å². The first-order valence-corrected chi connectivity index (χ1v) is 8.19. The first-order valence-electron chi connectivity index (χ1n) is 7.81. The average Bonchev–Trinajstić information content (AvgIpc) is 2.52. The van der Waals surface area contributed by atoms with E-state index in [2.05, 4.69) is 24.4 Å². The minimum Gasteiger partial charge on any atom is -0.381 e. The maximum Gasteiger partial charge on any atom is 0.0616 e. The number of hydrogen-bond acceptors (Lipinski definition) is 3. The van der Waals surface area contributed by atoms with Gasteiger partial charge in [0, 0.05) is 42.8 Å². The van der Waals surface area contributed by atoms with E-state index in [9.17, 15) is 0 Å². The van der Waals surface area contributed by atoms with Crippen LogP contribution in [-0.2, 0) is 14.9 Å². The summed E-state index contributed by atoms with van der Waals surface area (Å²) in [6.45, 7) is 8.27. The van der Waals surface area contributed by atoms with Crippen LogP contribution in [0, 0.1) is 0 Å². The Morgan fingerprint density at radius 1 is 1.38 bits per heavy atom. The number of nitrogens with one attached hydrogen (secondary N) is 1. The lowest BCUT2D eigenvalue weighted by Crippen LogP contribution is -2.46. The van der Waals surface area contributed by atoms with E-state index in [1.54, 1.807) is 0 Å². The topological polar surface area (TPSA) is 30.5 Å². The van der Waals surface area contributed by atoms with Gasteiger partial charge in [0.1, 0.15) is 0 Å². The van der Waals surface area contributed by atoms with E-state index in [0.29, 0.717) is 6.04 Å². The van der Waals surface area contributed by atoms with E-state index >= 15 is 0 Å². The van der Waals surface area contributed by atoms with Crippen LogP contribution >= 0.6 is 11.6 Å². The summed E-state index contributed by atoms with van der Waals surface area (Å²) in [5, 5.41) is 4.43. The van der Waals surface area contributed by atoms with Crippen LogP contribution in [0.15, 0.2) is 24.3 Å². The highest BCUT2D eigenvalue weighted by atomic mass is 35.5. The van der Waals surface area contributed by atoms with Gasteiger partial charge in [-0.15, -0.1) is 0 Å². The second kappa shape index (κ2) is 8.14. The van der Waals surface area contributed by atoms with Crippen LogP contribution in [0.4, 0.5) is 0 Å². The molecule has 0 saturated carbocycles. The van der Waals surface area contributed by atoms with Crippen molar-refractivity contribution in [2.75, 3.05) is 33.0 Å². The maximum atomic E-state index is 6.19. The standard InChI is InChI=1S/C17H26ClNO2/c1-3-20-12-14(2)19-13-17(7-9-21-10-8-17)15-5-4-6-16(18)11-15/h4-6,11,14,19H,3,7-10,12-13H2,1-2H3/t14-/m1/s1. The summed E-state index contributed by atoms with van der Waals surface area (Å²) in [7, 11) is 0. The molecule has 0 spiro atoms. The molecule has 4 heteroatoms. The van der Waals surface area contributed by atoms with Crippen molar-refractivity contribution in [3.8, 4) is 0 Å². The van der Waals surface area contributed by atoms with E-state index in [0.717, 1.165) is 50.8 Å². The number of benzene rings is 1. The third-order valence-electron chi connectivity index (χ3n) is 4.25. The first kappa shape index (κ1) is 16.8. The predicted octanol–water partition coefficient (Wildman–Crippen LogP) is 3.40. The van der Waals surface area contributed by atoms with Gasteiger partial charge in [-0.2, -0.15) is 0 Å². The zero-order valence-corrected chi connectivity index (χ0v) is 13.8. The Balaban J connectivity index is 2.06. The normalized spacial score (nSPS) is 19.4. The van der Waals surface area contributed by atoms with Gasteiger partial charge >= 0.3 is 0 Å². The van der Waals surface area contributed by atoms with E-state index in [4.69, 9.17) is 21.1 Å². The Kier molecular flexibility index (Phi) is 6.49. The molecule has 21 heavy (non-hydrogen) atoms. The molecule has 1 atom stereocenters. The van der Waals surface area contributed by atoms with Crippen LogP contribution in [0.2, 0.25) is 5.02 Å². The number of hydrogen-bond donors (Lipinski definition) is 1. The molecule has 0 bridgehead atoms. The molecule has 0 radical (unpaired) electrons. The molecule has 1 aromatic rings. The Bertz CT molecular complexity index is 433. The Morgan fingerprint density at radius 2 is 2.14 bits per heavy atom. The number of rotatable bonds is 7. The van der Waals surface area contributed by atoms with Crippen molar-refractivity contribution in [3.63, 3.8) is 0 Å². The molecule has 2 rings (SSSR count). The smallest absolute Gasteiger partial charge is 0.0616 e. The van der Waals surface area contributed by atoms with E-state index in [-0.39, 0.29) is 5.41 Å². The van der Waals surface area contributed by atoms with Crippen LogP contribution in [-0.4, -0.2) is 39.0 Å². The summed E-state index contributed by atoms with van der Waals surface area (Å²) in [6.07, 6.45) is 2.06. The van der Waals surface area contributed by atoms with Gasteiger partial charge in [0.05, 0.1) is 6.61 Å². The van der Waals surface area contributed by atoms with Crippen molar-refractivity contribution >= 4 is 11.6 Å². The highest BCUT2D eigenvalue weighted by molar-refractivity contribution is 6.30. The largest absolute Gasteiger partial charge is 0.381 e. The summed E-state index contributed by atoms with van der Waals surface area (Å²) >= 11 is 6.19. The molecule has 1 heterocycles. The van der Waals surface area contributed by atoms with Crippen molar-refractivity contribution in [3.05, 3.63) is 34.9 Å². The molecular weight excluding hydrogens is 286 g/mol. The lowest BCUT2D eigenvalue weighted by molar-refractivity contribution is 0.0468. The van der Waals surface area contributed by atoms with Gasteiger partial charge in [0.15, 0.2) is 0 Å². The molecule has 118 valence electrons. The molecule has 1 fully saturated rings. The van der Waals surface area contributed by atoms with Crippen molar-refractivity contribution in [2.24, 2.45) is 0 Å². The van der Waals surface area contributed by atoms with Gasteiger partial charge in [0.25, 0.3) is 0 Å². The fourth-order valence-electron chi connectivity index (χ4n) is 2.87. The molecule has 1 aliphatic rings. The van der Waals surface area contributed by atoms with E-state index in [1.165, 1.54) is 5.56 Å².